The lowest BCUT2D eigenvalue weighted by molar-refractivity contribution is -0.147. The van der Waals surface area contributed by atoms with Crippen LogP contribution >= 0.6 is 11.3 Å². The van der Waals surface area contributed by atoms with Crippen molar-refractivity contribution in [2.75, 3.05) is 6.54 Å². The lowest BCUT2D eigenvalue weighted by Gasteiger charge is -2.23. The maximum absolute atomic E-state index is 11.6. The Morgan fingerprint density at radius 1 is 1.47 bits per heavy atom. The number of aromatic nitrogens is 1. The maximum Gasteiger partial charge on any atom is 0.315 e. The molecule has 1 unspecified atom stereocenters. The Labute approximate surface area is 116 Å². The van der Waals surface area contributed by atoms with Crippen LogP contribution in [0.4, 0.5) is 4.79 Å². The molecule has 2 amide bonds. The van der Waals surface area contributed by atoms with Crippen LogP contribution in [0.1, 0.15) is 31.0 Å². The van der Waals surface area contributed by atoms with Crippen LogP contribution in [0.25, 0.3) is 0 Å². The lowest BCUT2D eigenvalue weighted by Crippen LogP contribution is -2.44. The first kappa shape index (κ1) is 15.4. The number of aryl methyl sites for hydroxylation is 1. The Morgan fingerprint density at radius 2 is 2.16 bits per heavy atom. The highest BCUT2D eigenvalue weighted by Gasteiger charge is 2.31. The van der Waals surface area contributed by atoms with E-state index in [2.05, 4.69) is 15.6 Å². The van der Waals surface area contributed by atoms with E-state index in [1.54, 1.807) is 13.8 Å². The molecule has 7 heteroatoms. The van der Waals surface area contributed by atoms with Crippen molar-refractivity contribution in [2.24, 2.45) is 5.41 Å². The Balaban J connectivity index is 2.37. The van der Waals surface area contributed by atoms with E-state index >= 15 is 0 Å². The second-order valence-corrected chi connectivity index (χ2v) is 5.58. The summed E-state index contributed by atoms with van der Waals surface area (Å²) >= 11 is 1.48. The number of urea groups is 1. The number of amides is 2. The predicted molar refractivity (Wildman–Crippen MR) is 73.1 cm³/mol. The number of carbonyl (C=O) groups is 2. The highest BCUT2D eigenvalue weighted by molar-refractivity contribution is 7.09. The third-order valence-electron chi connectivity index (χ3n) is 3.00. The molecule has 3 N–H and O–H groups in total. The van der Waals surface area contributed by atoms with Gasteiger partial charge >= 0.3 is 12.0 Å². The summed E-state index contributed by atoms with van der Waals surface area (Å²) in [4.78, 5) is 26.9. The molecular weight excluding hydrogens is 266 g/mol. The van der Waals surface area contributed by atoms with Gasteiger partial charge in [0.15, 0.2) is 0 Å². The Bertz CT molecular complexity index is 461. The fraction of sp³-hybridized carbons (Fsp3) is 0.583. The Hall–Kier alpha value is -1.63. The second kappa shape index (κ2) is 6.51. The van der Waals surface area contributed by atoms with Crippen molar-refractivity contribution < 1.29 is 14.7 Å². The SMILES string of the molecule is CCC(C)(CNC(=O)NCc1nc(C)cs1)C(=O)O. The second-order valence-electron chi connectivity index (χ2n) is 4.64. The van der Waals surface area contributed by atoms with Crippen LogP contribution in [0.2, 0.25) is 0 Å². The highest BCUT2D eigenvalue weighted by Crippen LogP contribution is 2.19. The van der Waals surface area contributed by atoms with E-state index in [0.29, 0.717) is 13.0 Å². The van der Waals surface area contributed by atoms with Gasteiger partial charge in [-0.15, -0.1) is 11.3 Å². The molecule has 0 radical (unpaired) electrons. The number of nitrogens with zero attached hydrogens (tertiary/aromatic N) is 1. The Kier molecular flexibility index (Phi) is 5.29. The van der Waals surface area contributed by atoms with E-state index < -0.39 is 11.4 Å². The molecule has 0 bridgehead atoms. The van der Waals surface area contributed by atoms with Crippen LogP contribution in [0.5, 0.6) is 0 Å². The van der Waals surface area contributed by atoms with Gasteiger partial charge in [0.1, 0.15) is 5.01 Å². The number of aliphatic carboxylic acids is 1. The first-order valence-corrected chi connectivity index (χ1v) is 6.91. The van der Waals surface area contributed by atoms with Gasteiger partial charge in [-0.2, -0.15) is 0 Å². The number of carboxylic acid groups (broad SMARTS) is 1. The fourth-order valence-corrected chi connectivity index (χ4v) is 2.04. The summed E-state index contributed by atoms with van der Waals surface area (Å²) in [6.45, 7) is 5.73. The monoisotopic (exact) mass is 285 g/mol. The van der Waals surface area contributed by atoms with Gasteiger partial charge in [-0.05, 0) is 20.3 Å². The van der Waals surface area contributed by atoms with Gasteiger partial charge in [0, 0.05) is 17.6 Å². The molecule has 0 aliphatic heterocycles. The summed E-state index contributed by atoms with van der Waals surface area (Å²) in [5.41, 5.74) is -0.0126. The zero-order valence-corrected chi connectivity index (χ0v) is 12.1. The average Bonchev–Trinajstić information content (AvgIpc) is 2.79. The zero-order chi connectivity index (χ0) is 14.5. The molecule has 1 aromatic rings. The van der Waals surface area contributed by atoms with Crippen LogP contribution in [0.3, 0.4) is 0 Å². The third kappa shape index (κ3) is 4.51. The highest BCUT2D eigenvalue weighted by atomic mass is 32.1. The van der Waals surface area contributed by atoms with E-state index in [1.807, 2.05) is 12.3 Å². The van der Waals surface area contributed by atoms with Gasteiger partial charge in [0.25, 0.3) is 0 Å². The van der Waals surface area contributed by atoms with Gasteiger partial charge in [-0.25, -0.2) is 9.78 Å². The topological polar surface area (TPSA) is 91.3 Å². The van der Waals surface area contributed by atoms with Gasteiger partial charge in [0.2, 0.25) is 0 Å². The fourth-order valence-electron chi connectivity index (χ4n) is 1.33. The molecule has 1 heterocycles. The van der Waals surface area contributed by atoms with Crippen LogP contribution in [-0.2, 0) is 11.3 Å². The van der Waals surface area contributed by atoms with Crippen molar-refractivity contribution in [3.8, 4) is 0 Å². The molecule has 0 saturated heterocycles. The van der Waals surface area contributed by atoms with Gasteiger partial charge in [0.05, 0.1) is 12.0 Å². The van der Waals surface area contributed by atoms with E-state index in [1.165, 1.54) is 11.3 Å². The van der Waals surface area contributed by atoms with Crippen molar-refractivity contribution in [1.29, 1.82) is 0 Å². The van der Waals surface area contributed by atoms with E-state index in [-0.39, 0.29) is 12.6 Å². The first-order chi connectivity index (χ1) is 8.87. The van der Waals surface area contributed by atoms with Gasteiger partial charge < -0.3 is 15.7 Å². The molecule has 1 aromatic heterocycles. The van der Waals surface area contributed by atoms with Crippen LogP contribution in [0.15, 0.2) is 5.38 Å². The first-order valence-electron chi connectivity index (χ1n) is 6.03. The summed E-state index contributed by atoms with van der Waals surface area (Å²) in [6, 6.07) is -0.381. The molecule has 19 heavy (non-hydrogen) atoms. The molecule has 6 nitrogen and oxygen atoms in total. The number of carboxylic acids is 1. The molecule has 1 atom stereocenters. The Morgan fingerprint density at radius 3 is 2.63 bits per heavy atom. The summed E-state index contributed by atoms with van der Waals surface area (Å²) in [5, 5.41) is 17.0. The summed E-state index contributed by atoms with van der Waals surface area (Å²) in [6.07, 6.45) is 0.453. The third-order valence-corrected chi connectivity index (χ3v) is 3.97. The van der Waals surface area contributed by atoms with Crippen molar-refractivity contribution in [2.45, 2.75) is 33.7 Å². The number of rotatable bonds is 6. The summed E-state index contributed by atoms with van der Waals surface area (Å²) < 4.78 is 0. The number of nitrogens with one attached hydrogen (secondary N) is 2. The van der Waals surface area contributed by atoms with Gasteiger partial charge in [-0.3, -0.25) is 4.79 Å². The number of hydrogen-bond acceptors (Lipinski definition) is 4. The predicted octanol–water partition coefficient (Wildman–Crippen LogP) is 1.75. The minimum atomic E-state index is -0.935. The molecular formula is C12H19N3O3S. The maximum atomic E-state index is 11.6. The normalized spacial score (nSPS) is 13.6. The van der Waals surface area contributed by atoms with E-state index in [4.69, 9.17) is 5.11 Å². The molecule has 0 aliphatic rings. The standard InChI is InChI=1S/C12H19N3O3S/c1-4-12(3,10(16)17)7-14-11(18)13-5-9-15-8(2)6-19-9/h6H,4-5,7H2,1-3H3,(H,16,17)(H2,13,14,18). The lowest BCUT2D eigenvalue weighted by atomic mass is 9.88. The summed E-state index contributed by atoms with van der Waals surface area (Å²) in [5.74, 6) is -0.911. The van der Waals surface area contributed by atoms with Crippen molar-refractivity contribution >= 4 is 23.3 Å². The number of thiazole rings is 1. The molecule has 0 spiro atoms. The van der Waals surface area contributed by atoms with Crippen molar-refractivity contribution in [3.05, 3.63) is 16.1 Å². The average molecular weight is 285 g/mol. The zero-order valence-electron chi connectivity index (χ0n) is 11.3. The number of hydrogen-bond donors (Lipinski definition) is 3. The molecule has 0 aromatic carbocycles. The largest absolute Gasteiger partial charge is 0.481 e. The van der Waals surface area contributed by atoms with E-state index in [9.17, 15) is 9.59 Å². The van der Waals surface area contributed by atoms with Crippen LogP contribution < -0.4 is 10.6 Å². The smallest absolute Gasteiger partial charge is 0.315 e. The van der Waals surface area contributed by atoms with Crippen LogP contribution in [0, 0.1) is 12.3 Å². The molecule has 0 saturated carbocycles. The van der Waals surface area contributed by atoms with Crippen molar-refractivity contribution in [1.82, 2.24) is 15.6 Å². The van der Waals surface area contributed by atoms with Crippen molar-refractivity contribution in [3.63, 3.8) is 0 Å². The number of carbonyl (C=O) groups excluding carboxylic acids is 1. The quantitative estimate of drug-likeness (QED) is 0.742. The molecule has 0 aliphatic carbocycles. The molecule has 106 valence electrons. The molecule has 1 rings (SSSR count). The summed E-state index contributed by atoms with van der Waals surface area (Å²) in [7, 11) is 0. The minimum Gasteiger partial charge on any atom is -0.481 e. The van der Waals surface area contributed by atoms with Crippen LogP contribution in [-0.4, -0.2) is 28.6 Å². The minimum absolute atomic E-state index is 0.0988. The van der Waals surface area contributed by atoms with E-state index in [0.717, 1.165) is 10.7 Å². The van der Waals surface area contributed by atoms with Gasteiger partial charge in [-0.1, -0.05) is 6.92 Å². The molecule has 0 fully saturated rings.